The number of hydrogen-bond donors (Lipinski definition) is 3. The Labute approximate surface area is 140 Å². The smallest absolute Gasteiger partial charge is 0.265 e. The summed E-state index contributed by atoms with van der Waals surface area (Å²) in [6, 6.07) is 8.18. The lowest BCUT2D eigenvalue weighted by Gasteiger charge is -2.01. The Morgan fingerprint density at radius 2 is 2.00 bits per heavy atom. The first-order valence-corrected chi connectivity index (χ1v) is 7.80. The van der Waals surface area contributed by atoms with E-state index in [0.29, 0.717) is 27.1 Å². The topological polar surface area (TPSA) is 101 Å². The number of nitrogens with one attached hydrogen (secondary N) is 2. The molecule has 2 amide bonds. The molecule has 116 valence electrons. The van der Waals surface area contributed by atoms with Gasteiger partial charge < -0.3 is 10.7 Å². The summed E-state index contributed by atoms with van der Waals surface area (Å²) in [6.07, 6.45) is 1.64. The number of aromatic nitrogens is 2. The molecule has 0 aliphatic rings. The van der Waals surface area contributed by atoms with Crippen molar-refractivity contribution in [3.63, 3.8) is 0 Å². The molecule has 0 aliphatic heterocycles. The number of thiazole rings is 1. The number of carbonyl (C=O) groups is 2. The van der Waals surface area contributed by atoms with Crippen molar-refractivity contribution in [3.8, 4) is 11.3 Å². The zero-order chi connectivity index (χ0) is 16.4. The van der Waals surface area contributed by atoms with Gasteiger partial charge in [-0.25, -0.2) is 4.98 Å². The average Bonchev–Trinajstić information content (AvgIpc) is 3.16. The minimum Gasteiger partial charge on any atom is -0.364 e. The Hall–Kier alpha value is -2.64. The van der Waals surface area contributed by atoms with Gasteiger partial charge in [-0.15, -0.1) is 11.3 Å². The first kappa shape index (κ1) is 15.3. The van der Waals surface area contributed by atoms with Gasteiger partial charge in [-0.1, -0.05) is 11.6 Å². The Morgan fingerprint density at radius 3 is 2.65 bits per heavy atom. The third-order valence-electron chi connectivity index (χ3n) is 3.08. The van der Waals surface area contributed by atoms with Gasteiger partial charge in [0.25, 0.3) is 11.8 Å². The summed E-state index contributed by atoms with van der Waals surface area (Å²) in [5, 5.41) is 5.53. The van der Waals surface area contributed by atoms with Gasteiger partial charge >= 0.3 is 0 Å². The summed E-state index contributed by atoms with van der Waals surface area (Å²) in [5.41, 5.74) is 7.36. The van der Waals surface area contributed by atoms with E-state index in [2.05, 4.69) is 15.3 Å². The van der Waals surface area contributed by atoms with Gasteiger partial charge in [-0.3, -0.25) is 14.9 Å². The number of rotatable bonds is 4. The molecule has 3 aromatic rings. The highest BCUT2D eigenvalue weighted by atomic mass is 35.5. The van der Waals surface area contributed by atoms with Crippen molar-refractivity contribution in [2.24, 2.45) is 5.73 Å². The van der Waals surface area contributed by atoms with Gasteiger partial charge in [0, 0.05) is 27.7 Å². The molecule has 2 heterocycles. The van der Waals surface area contributed by atoms with Crippen molar-refractivity contribution in [2.45, 2.75) is 0 Å². The number of hydrogen-bond acceptors (Lipinski definition) is 4. The van der Waals surface area contributed by atoms with Gasteiger partial charge in [-0.2, -0.15) is 0 Å². The highest BCUT2D eigenvalue weighted by Gasteiger charge is 2.12. The molecule has 0 saturated heterocycles. The van der Waals surface area contributed by atoms with Crippen LogP contribution in [0.3, 0.4) is 0 Å². The molecule has 2 aromatic heterocycles. The first-order valence-electron chi connectivity index (χ1n) is 6.54. The maximum Gasteiger partial charge on any atom is 0.265 e. The van der Waals surface area contributed by atoms with Gasteiger partial charge in [0.05, 0.1) is 5.69 Å². The van der Waals surface area contributed by atoms with Crippen LogP contribution in [0.2, 0.25) is 5.02 Å². The summed E-state index contributed by atoms with van der Waals surface area (Å²) < 4.78 is 0. The molecule has 0 radical (unpaired) electrons. The summed E-state index contributed by atoms with van der Waals surface area (Å²) >= 11 is 7.08. The van der Waals surface area contributed by atoms with Crippen LogP contribution >= 0.6 is 22.9 Å². The number of carbonyl (C=O) groups excluding carboxylic acids is 2. The monoisotopic (exact) mass is 346 g/mol. The normalized spacial score (nSPS) is 10.5. The number of primary amides is 1. The van der Waals surface area contributed by atoms with E-state index >= 15 is 0 Å². The number of halogens is 1. The van der Waals surface area contributed by atoms with Crippen LogP contribution in [0.25, 0.3) is 11.3 Å². The molecular weight excluding hydrogens is 336 g/mol. The molecule has 0 unspecified atom stereocenters. The number of benzene rings is 1. The van der Waals surface area contributed by atoms with Crippen LogP contribution in [0.4, 0.5) is 5.13 Å². The fourth-order valence-corrected chi connectivity index (χ4v) is 2.76. The SMILES string of the molecule is NC(=O)c1cc(-c2csc(NC(=O)c3ccc(Cl)cc3)n2)c[nH]1. The van der Waals surface area contributed by atoms with Crippen LogP contribution in [-0.4, -0.2) is 21.8 Å². The second kappa shape index (κ2) is 6.23. The Bertz CT molecular complexity index is 870. The molecule has 0 aliphatic carbocycles. The Kier molecular flexibility index (Phi) is 4.14. The van der Waals surface area contributed by atoms with Crippen LogP contribution in [0, 0.1) is 0 Å². The minimum absolute atomic E-state index is 0.269. The maximum absolute atomic E-state index is 12.1. The summed E-state index contributed by atoms with van der Waals surface area (Å²) in [7, 11) is 0. The fourth-order valence-electron chi connectivity index (χ4n) is 1.92. The van der Waals surface area contributed by atoms with E-state index in [-0.39, 0.29) is 5.91 Å². The van der Waals surface area contributed by atoms with Crippen LogP contribution in [-0.2, 0) is 0 Å². The fraction of sp³-hybridized carbons (Fsp3) is 0. The van der Waals surface area contributed by atoms with Crippen LogP contribution in [0.1, 0.15) is 20.8 Å². The molecular formula is C15H11ClN4O2S. The van der Waals surface area contributed by atoms with Gasteiger partial charge in [0.2, 0.25) is 0 Å². The standard InChI is InChI=1S/C15H11ClN4O2S/c16-10-3-1-8(2-4-10)14(22)20-15-19-12(7-23-15)9-5-11(13(17)21)18-6-9/h1-7,18H,(H2,17,21)(H,19,20,22). The number of anilines is 1. The van der Waals surface area contributed by atoms with Gasteiger partial charge in [0.1, 0.15) is 5.69 Å². The molecule has 0 saturated carbocycles. The number of amides is 2. The number of H-pyrrole nitrogens is 1. The summed E-state index contributed by atoms with van der Waals surface area (Å²) in [6.45, 7) is 0. The van der Waals surface area contributed by atoms with Crippen molar-refractivity contribution >= 4 is 39.9 Å². The number of aromatic amines is 1. The second-order valence-electron chi connectivity index (χ2n) is 4.67. The molecule has 8 heteroatoms. The van der Waals surface area contributed by atoms with Crippen molar-refractivity contribution in [1.29, 1.82) is 0 Å². The second-order valence-corrected chi connectivity index (χ2v) is 5.96. The zero-order valence-electron chi connectivity index (χ0n) is 11.7. The lowest BCUT2D eigenvalue weighted by Crippen LogP contribution is -2.11. The van der Waals surface area contributed by atoms with Crippen molar-refractivity contribution < 1.29 is 9.59 Å². The van der Waals surface area contributed by atoms with Crippen LogP contribution < -0.4 is 11.1 Å². The average molecular weight is 347 g/mol. The number of nitrogens with two attached hydrogens (primary N) is 1. The molecule has 3 rings (SSSR count). The largest absolute Gasteiger partial charge is 0.364 e. The first-order chi connectivity index (χ1) is 11.0. The van der Waals surface area contributed by atoms with E-state index in [0.717, 1.165) is 5.56 Å². The van der Waals surface area contributed by atoms with E-state index in [9.17, 15) is 9.59 Å². The lowest BCUT2D eigenvalue weighted by molar-refractivity contribution is 0.0994. The highest BCUT2D eigenvalue weighted by Crippen LogP contribution is 2.25. The lowest BCUT2D eigenvalue weighted by atomic mass is 10.2. The molecule has 6 nitrogen and oxygen atoms in total. The molecule has 0 spiro atoms. The van der Waals surface area contributed by atoms with Gasteiger partial charge in [0.15, 0.2) is 5.13 Å². The predicted octanol–water partition coefficient (Wildman–Crippen LogP) is 3.14. The molecule has 0 fully saturated rings. The summed E-state index contributed by atoms with van der Waals surface area (Å²) in [5.74, 6) is -0.808. The highest BCUT2D eigenvalue weighted by molar-refractivity contribution is 7.14. The van der Waals surface area contributed by atoms with E-state index in [1.54, 1.807) is 41.9 Å². The van der Waals surface area contributed by atoms with Crippen molar-refractivity contribution in [3.05, 3.63) is 58.2 Å². The third-order valence-corrected chi connectivity index (χ3v) is 4.08. The molecule has 0 atom stereocenters. The van der Waals surface area contributed by atoms with E-state index in [1.165, 1.54) is 11.3 Å². The van der Waals surface area contributed by atoms with Gasteiger partial charge in [-0.05, 0) is 30.3 Å². The molecule has 4 N–H and O–H groups in total. The third kappa shape index (κ3) is 3.41. The zero-order valence-corrected chi connectivity index (χ0v) is 13.2. The quantitative estimate of drug-likeness (QED) is 0.676. The summed E-state index contributed by atoms with van der Waals surface area (Å²) in [4.78, 5) is 30.3. The Morgan fingerprint density at radius 1 is 1.26 bits per heavy atom. The number of nitrogens with zero attached hydrogens (tertiary/aromatic N) is 1. The molecule has 23 heavy (non-hydrogen) atoms. The maximum atomic E-state index is 12.1. The van der Waals surface area contributed by atoms with Crippen LogP contribution in [0.5, 0.6) is 0 Å². The molecule has 1 aromatic carbocycles. The molecule has 0 bridgehead atoms. The minimum atomic E-state index is -0.539. The van der Waals surface area contributed by atoms with E-state index in [4.69, 9.17) is 17.3 Å². The van der Waals surface area contributed by atoms with Crippen molar-refractivity contribution in [1.82, 2.24) is 9.97 Å². The predicted molar refractivity (Wildman–Crippen MR) is 89.8 cm³/mol. The Balaban J connectivity index is 1.75. The van der Waals surface area contributed by atoms with Crippen molar-refractivity contribution in [2.75, 3.05) is 5.32 Å². The van der Waals surface area contributed by atoms with Crippen LogP contribution in [0.15, 0.2) is 41.9 Å². The van der Waals surface area contributed by atoms with E-state index in [1.807, 2.05) is 0 Å². The van der Waals surface area contributed by atoms with E-state index < -0.39 is 5.91 Å².